The van der Waals surface area contributed by atoms with Gasteiger partial charge in [-0.3, -0.25) is 4.79 Å². The van der Waals surface area contributed by atoms with E-state index < -0.39 is 41.5 Å². The minimum Gasteiger partial charge on any atom is -0.479 e. The number of carbonyl (C=O) groups is 3. The lowest BCUT2D eigenvalue weighted by atomic mass is 9.89. The van der Waals surface area contributed by atoms with Crippen molar-refractivity contribution in [1.82, 2.24) is 0 Å². The minimum absolute atomic E-state index is 0.00345. The molecule has 0 bridgehead atoms. The van der Waals surface area contributed by atoms with E-state index >= 15 is 0 Å². The van der Waals surface area contributed by atoms with Gasteiger partial charge in [-0.25, -0.2) is 9.59 Å². The first kappa shape index (κ1) is 20.6. The topological polar surface area (TPSA) is 142 Å². The fraction of sp³-hybridized carbons (Fsp3) is 0.471. The summed E-state index contributed by atoms with van der Waals surface area (Å²) in [5.41, 5.74) is 8.67. The smallest absolute Gasteiger partial charge is 0.340 e. The zero-order chi connectivity index (χ0) is 19.3. The van der Waals surface area contributed by atoms with Crippen LogP contribution in [-0.4, -0.2) is 40.2 Å². The largest absolute Gasteiger partial charge is 0.479 e. The average Bonchev–Trinajstić information content (AvgIpc) is 2.51. The van der Waals surface area contributed by atoms with Gasteiger partial charge in [0.05, 0.1) is 12.5 Å². The van der Waals surface area contributed by atoms with Crippen LogP contribution in [0.2, 0.25) is 0 Å². The lowest BCUT2D eigenvalue weighted by molar-refractivity contribution is -0.170. The predicted molar refractivity (Wildman–Crippen MR) is 89.2 cm³/mol. The number of rotatable bonds is 7. The van der Waals surface area contributed by atoms with Crippen molar-refractivity contribution in [3.8, 4) is 0 Å². The summed E-state index contributed by atoms with van der Waals surface area (Å²) in [7, 11) is 0. The first-order valence-corrected chi connectivity index (χ1v) is 7.67. The van der Waals surface area contributed by atoms with E-state index in [9.17, 15) is 19.5 Å². The van der Waals surface area contributed by atoms with Crippen molar-refractivity contribution in [2.45, 2.75) is 51.0 Å². The third-order valence-corrected chi connectivity index (χ3v) is 3.30. The Labute approximate surface area is 146 Å². The number of esters is 2. The van der Waals surface area contributed by atoms with Gasteiger partial charge in [0.1, 0.15) is 12.2 Å². The zero-order valence-corrected chi connectivity index (χ0v) is 14.5. The standard InChI is InChI=1S/C17H24N2O6/c1-16(2,3)25-15(23)17(19,14(21)22)12(18)9-13(20)24-10-11-7-5-4-6-8-11/h4-8,12H,9-10,18-19H2,1-3H3,(H,21,22). The average molecular weight is 352 g/mol. The molecule has 5 N–H and O–H groups in total. The van der Waals surface area contributed by atoms with Crippen LogP contribution in [0.25, 0.3) is 0 Å². The van der Waals surface area contributed by atoms with Crippen LogP contribution in [0.4, 0.5) is 0 Å². The maximum absolute atomic E-state index is 12.2. The highest BCUT2D eigenvalue weighted by Gasteiger charge is 2.51. The normalized spacial score (nSPS) is 14.9. The van der Waals surface area contributed by atoms with E-state index in [-0.39, 0.29) is 6.61 Å². The molecule has 0 aliphatic rings. The van der Waals surface area contributed by atoms with Gasteiger partial charge in [0, 0.05) is 0 Å². The molecule has 0 radical (unpaired) electrons. The molecule has 1 rings (SSSR count). The summed E-state index contributed by atoms with van der Waals surface area (Å²) in [4.78, 5) is 35.6. The van der Waals surface area contributed by atoms with Crippen LogP contribution < -0.4 is 11.5 Å². The second-order valence-corrected chi connectivity index (χ2v) is 6.63. The molecule has 2 atom stereocenters. The van der Waals surface area contributed by atoms with Crippen LogP contribution >= 0.6 is 0 Å². The third-order valence-electron chi connectivity index (χ3n) is 3.30. The third kappa shape index (κ3) is 5.84. The van der Waals surface area contributed by atoms with Crippen LogP contribution in [0.5, 0.6) is 0 Å². The molecule has 25 heavy (non-hydrogen) atoms. The Morgan fingerprint density at radius 2 is 1.72 bits per heavy atom. The molecule has 0 aliphatic heterocycles. The van der Waals surface area contributed by atoms with Gasteiger partial charge in [0.15, 0.2) is 0 Å². The molecular formula is C17H24N2O6. The molecule has 0 aliphatic carbocycles. The van der Waals surface area contributed by atoms with Crippen molar-refractivity contribution in [3.05, 3.63) is 35.9 Å². The number of carbonyl (C=O) groups excluding carboxylic acids is 2. The number of hydrogen-bond acceptors (Lipinski definition) is 7. The van der Waals surface area contributed by atoms with Gasteiger partial charge in [0.25, 0.3) is 0 Å². The van der Waals surface area contributed by atoms with E-state index in [1.807, 2.05) is 6.07 Å². The fourth-order valence-corrected chi connectivity index (χ4v) is 1.90. The molecule has 0 fully saturated rings. The molecule has 1 aromatic carbocycles. The first-order chi connectivity index (χ1) is 11.5. The van der Waals surface area contributed by atoms with Gasteiger partial charge in [-0.1, -0.05) is 30.3 Å². The maximum atomic E-state index is 12.2. The summed E-state index contributed by atoms with van der Waals surface area (Å²) in [6.45, 7) is 4.69. The van der Waals surface area contributed by atoms with Gasteiger partial charge < -0.3 is 26.0 Å². The van der Waals surface area contributed by atoms with Gasteiger partial charge in [-0.05, 0) is 26.3 Å². The number of carboxylic acid groups (broad SMARTS) is 1. The number of ether oxygens (including phenoxy) is 2. The van der Waals surface area contributed by atoms with Crippen LogP contribution in [-0.2, 0) is 30.5 Å². The highest BCUT2D eigenvalue weighted by atomic mass is 16.6. The Hall–Kier alpha value is -2.45. The van der Waals surface area contributed by atoms with Gasteiger partial charge in [-0.15, -0.1) is 0 Å². The Morgan fingerprint density at radius 1 is 1.16 bits per heavy atom. The van der Waals surface area contributed by atoms with Crippen molar-refractivity contribution in [2.24, 2.45) is 11.5 Å². The highest BCUT2D eigenvalue weighted by Crippen LogP contribution is 2.18. The molecule has 0 aromatic heterocycles. The second-order valence-electron chi connectivity index (χ2n) is 6.63. The molecule has 1 aromatic rings. The lowest BCUT2D eigenvalue weighted by Crippen LogP contribution is -2.67. The molecule has 8 heteroatoms. The van der Waals surface area contributed by atoms with E-state index in [4.69, 9.17) is 20.9 Å². The van der Waals surface area contributed by atoms with Crippen molar-refractivity contribution >= 4 is 17.9 Å². The molecule has 0 saturated carbocycles. The van der Waals surface area contributed by atoms with Gasteiger partial charge in [-0.2, -0.15) is 0 Å². The maximum Gasteiger partial charge on any atom is 0.340 e. The minimum atomic E-state index is -2.56. The van der Waals surface area contributed by atoms with Crippen molar-refractivity contribution in [3.63, 3.8) is 0 Å². The number of carboxylic acids is 1. The number of hydrogen-bond donors (Lipinski definition) is 3. The van der Waals surface area contributed by atoms with Crippen LogP contribution in [0.1, 0.15) is 32.8 Å². The highest BCUT2D eigenvalue weighted by molar-refractivity contribution is 6.05. The van der Waals surface area contributed by atoms with Crippen molar-refractivity contribution in [2.75, 3.05) is 0 Å². The molecule has 2 unspecified atom stereocenters. The van der Waals surface area contributed by atoms with Crippen LogP contribution in [0.15, 0.2) is 30.3 Å². The summed E-state index contributed by atoms with van der Waals surface area (Å²) in [6.07, 6.45) is -0.547. The van der Waals surface area contributed by atoms with E-state index in [1.165, 1.54) is 0 Å². The van der Waals surface area contributed by atoms with E-state index in [1.54, 1.807) is 45.0 Å². The Morgan fingerprint density at radius 3 is 2.20 bits per heavy atom. The molecule has 138 valence electrons. The second kappa shape index (κ2) is 8.09. The molecule has 0 heterocycles. The summed E-state index contributed by atoms with van der Waals surface area (Å²) in [5.74, 6) is -3.66. The Balaban J connectivity index is 2.75. The fourth-order valence-electron chi connectivity index (χ4n) is 1.90. The van der Waals surface area contributed by atoms with Crippen molar-refractivity contribution in [1.29, 1.82) is 0 Å². The number of nitrogens with two attached hydrogens (primary N) is 2. The zero-order valence-electron chi connectivity index (χ0n) is 14.5. The number of aliphatic carboxylic acids is 1. The molecule has 0 amide bonds. The molecular weight excluding hydrogens is 328 g/mol. The SMILES string of the molecule is CC(C)(C)OC(=O)C(N)(C(=O)O)C(N)CC(=O)OCc1ccccc1. The van der Waals surface area contributed by atoms with E-state index in [2.05, 4.69) is 0 Å². The van der Waals surface area contributed by atoms with Crippen LogP contribution in [0, 0.1) is 0 Å². The predicted octanol–water partition coefficient (Wildman–Crippen LogP) is 0.571. The summed E-state index contributed by atoms with van der Waals surface area (Å²) >= 11 is 0. The summed E-state index contributed by atoms with van der Waals surface area (Å²) < 4.78 is 10.1. The van der Waals surface area contributed by atoms with Gasteiger partial charge in [0.2, 0.25) is 5.54 Å². The van der Waals surface area contributed by atoms with Crippen LogP contribution in [0.3, 0.4) is 0 Å². The Kier molecular flexibility index (Phi) is 6.66. The Bertz CT molecular complexity index is 626. The monoisotopic (exact) mass is 352 g/mol. The van der Waals surface area contributed by atoms with Gasteiger partial charge >= 0.3 is 17.9 Å². The lowest BCUT2D eigenvalue weighted by Gasteiger charge is -2.31. The molecule has 0 saturated heterocycles. The summed E-state index contributed by atoms with van der Waals surface area (Å²) in [6, 6.07) is 7.40. The quantitative estimate of drug-likeness (QED) is 0.477. The molecule has 0 spiro atoms. The van der Waals surface area contributed by atoms with E-state index in [0.717, 1.165) is 5.56 Å². The van der Waals surface area contributed by atoms with E-state index in [0.29, 0.717) is 0 Å². The summed E-state index contributed by atoms with van der Waals surface area (Å²) in [5, 5.41) is 9.33. The first-order valence-electron chi connectivity index (χ1n) is 7.67. The van der Waals surface area contributed by atoms with Crippen molar-refractivity contribution < 1.29 is 29.0 Å². The molecule has 8 nitrogen and oxygen atoms in total. The number of benzene rings is 1.